The van der Waals surface area contributed by atoms with Crippen LogP contribution in [0.5, 0.6) is 0 Å². The Balaban J connectivity index is 1.35. The van der Waals surface area contributed by atoms with Gasteiger partial charge in [0.2, 0.25) is 5.82 Å². The second-order valence-electron chi connectivity index (χ2n) is 9.73. The summed E-state index contributed by atoms with van der Waals surface area (Å²) < 4.78 is 66.5. The van der Waals surface area contributed by atoms with Crippen LogP contribution in [0.2, 0.25) is 0 Å². The van der Waals surface area contributed by atoms with Crippen LogP contribution in [0.1, 0.15) is 40.6 Å². The maximum absolute atomic E-state index is 13.8. The number of piperazine rings is 1. The predicted octanol–water partition coefficient (Wildman–Crippen LogP) is 3.66. The molecule has 13 heteroatoms. The number of pyridine rings is 1. The second-order valence-corrected chi connectivity index (χ2v) is 9.73. The van der Waals surface area contributed by atoms with Gasteiger partial charge in [0.1, 0.15) is 5.82 Å². The molecule has 0 radical (unpaired) electrons. The molecule has 3 aromatic rings. The van der Waals surface area contributed by atoms with Gasteiger partial charge in [-0.1, -0.05) is 6.07 Å². The molecule has 2 N–H and O–H groups in total. The summed E-state index contributed by atoms with van der Waals surface area (Å²) in [6.07, 6.45) is -3.40. The van der Waals surface area contributed by atoms with Crippen molar-refractivity contribution in [1.82, 2.24) is 30.5 Å². The van der Waals surface area contributed by atoms with Crippen LogP contribution in [0.25, 0.3) is 10.9 Å². The Morgan fingerprint density at radius 1 is 1.03 bits per heavy atom. The van der Waals surface area contributed by atoms with Crippen molar-refractivity contribution in [1.29, 1.82) is 0 Å². The third-order valence-electron chi connectivity index (χ3n) is 7.14. The normalized spacial score (nSPS) is 19.2. The van der Waals surface area contributed by atoms with Crippen molar-refractivity contribution in [3.8, 4) is 0 Å². The Labute approximate surface area is 221 Å². The number of anilines is 1. The van der Waals surface area contributed by atoms with Crippen LogP contribution in [0.3, 0.4) is 0 Å². The number of aromatic nitrogens is 3. The van der Waals surface area contributed by atoms with E-state index in [1.165, 1.54) is 0 Å². The Morgan fingerprint density at radius 3 is 2.38 bits per heavy atom. The zero-order chi connectivity index (χ0) is 27.6. The molecule has 0 saturated carbocycles. The Morgan fingerprint density at radius 2 is 1.72 bits per heavy atom. The SMILES string of the molecule is O=C(NC[C@@H](c1cnc(C(F)(F)F)nc1)N1CCC(F)(F)CC1)c1cccc2nc(N3CCNCC3)ccc12. The van der Waals surface area contributed by atoms with Gasteiger partial charge < -0.3 is 15.5 Å². The van der Waals surface area contributed by atoms with Crippen molar-refractivity contribution in [2.45, 2.75) is 31.0 Å². The molecule has 0 bridgehead atoms. The largest absolute Gasteiger partial charge is 0.451 e. The van der Waals surface area contributed by atoms with E-state index in [1.807, 2.05) is 18.2 Å². The van der Waals surface area contributed by atoms with Crippen LogP contribution >= 0.6 is 0 Å². The number of nitrogens with one attached hydrogen (secondary N) is 2. The molecule has 2 aliphatic heterocycles. The number of halogens is 5. The standard InChI is InChI=1S/C26H28F5N7O/c27-25(28)6-10-37(11-7-25)21(17-14-34-24(35-15-17)26(29,30)31)16-33-23(39)19-2-1-3-20-18(19)4-5-22(36-20)38-12-8-32-9-13-38/h1-5,14-15,21,32H,6-13,16H2,(H,33,39)/t21-/m0/s1. The summed E-state index contributed by atoms with van der Waals surface area (Å²) in [4.78, 5) is 28.7. The number of amides is 1. The van der Waals surface area contributed by atoms with E-state index in [4.69, 9.17) is 4.98 Å². The monoisotopic (exact) mass is 549 g/mol. The number of carbonyl (C=O) groups excluding carboxylic acids is 1. The van der Waals surface area contributed by atoms with Gasteiger partial charge in [-0.25, -0.2) is 23.7 Å². The van der Waals surface area contributed by atoms with Crippen LogP contribution in [0.4, 0.5) is 27.8 Å². The molecule has 2 saturated heterocycles. The topological polar surface area (TPSA) is 86.3 Å². The van der Waals surface area contributed by atoms with Gasteiger partial charge in [0, 0.05) is 87.6 Å². The van der Waals surface area contributed by atoms with Gasteiger partial charge in [0.05, 0.1) is 11.6 Å². The molecular weight excluding hydrogens is 521 g/mol. The van der Waals surface area contributed by atoms with Gasteiger partial charge in [0.25, 0.3) is 11.8 Å². The molecule has 1 amide bonds. The summed E-state index contributed by atoms with van der Waals surface area (Å²) in [5.74, 6) is -3.67. The van der Waals surface area contributed by atoms with Crippen molar-refractivity contribution in [3.05, 3.63) is 59.7 Å². The van der Waals surface area contributed by atoms with E-state index in [-0.39, 0.29) is 32.5 Å². The van der Waals surface area contributed by atoms with E-state index in [1.54, 1.807) is 17.0 Å². The molecule has 208 valence electrons. The van der Waals surface area contributed by atoms with E-state index < -0.39 is 29.9 Å². The van der Waals surface area contributed by atoms with Gasteiger partial charge in [-0.3, -0.25) is 9.69 Å². The van der Waals surface area contributed by atoms with E-state index in [0.29, 0.717) is 22.0 Å². The van der Waals surface area contributed by atoms with Crippen molar-refractivity contribution >= 4 is 22.6 Å². The van der Waals surface area contributed by atoms with Crippen LogP contribution < -0.4 is 15.5 Å². The highest BCUT2D eigenvalue weighted by Gasteiger charge is 2.38. The van der Waals surface area contributed by atoms with E-state index in [0.717, 1.165) is 44.4 Å². The number of likely N-dealkylation sites (tertiary alicyclic amines) is 1. The van der Waals surface area contributed by atoms with Gasteiger partial charge in [-0.2, -0.15) is 13.2 Å². The van der Waals surface area contributed by atoms with Crippen molar-refractivity contribution in [2.24, 2.45) is 0 Å². The minimum absolute atomic E-state index is 0.0154. The van der Waals surface area contributed by atoms with Crippen molar-refractivity contribution < 1.29 is 26.7 Å². The van der Waals surface area contributed by atoms with E-state index in [2.05, 4.69) is 25.5 Å². The maximum atomic E-state index is 13.8. The summed E-state index contributed by atoms with van der Waals surface area (Å²) in [7, 11) is 0. The molecule has 2 aromatic heterocycles. The molecule has 1 aromatic carbocycles. The smallest absolute Gasteiger partial charge is 0.354 e. The fourth-order valence-corrected chi connectivity index (χ4v) is 4.97. The number of benzene rings is 1. The van der Waals surface area contributed by atoms with Gasteiger partial charge in [-0.15, -0.1) is 0 Å². The maximum Gasteiger partial charge on any atom is 0.451 e. The molecule has 39 heavy (non-hydrogen) atoms. The van der Waals surface area contributed by atoms with E-state index >= 15 is 0 Å². The third-order valence-corrected chi connectivity index (χ3v) is 7.14. The first kappa shape index (κ1) is 27.1. The van der Waals surface area contributed by atoms with Gasteiger partial charge in [-0.05, 0) is 24.3 Å². The minimum Gasteiger partial charge on any atom is -0.354 e. The molecule has 0 unspecified atom stereocenters. The number of nitrogens with zero attached hydrogens (tertiary/aromatic N) is 5. The van der Waals surface area contributed by atoms with Gasteiger partial charge in [0.15, 0.2) is 0 Å². The Kier molecular flexibility index (Phi) is 7.63. The number of hydrogen-bond acceptors (Lipinski definition) is 7. The van der Waals surface area contributed by atoms with Crippen LogP contribution in [0, 0.1) is 0 Å². The van der Waals surface area contributed by atoms with Crippen molar-refractivity contribution in [3.63, 3.8) is 0 Å². The number of fused-ring (bicyclic) bond motifs is 1. The average Bonchev–Trinajstić information content (AvgIpc) is 2.93. The summed E-state index contributed by atoms with van der Waals surface area (Å²) in [6, 6.07) is 8.28. The number of carbonyl (C=O) groups is 1. The fourth-order valence-electron chi connectivity index (χ4n) is 4.97. The lowest BCUT2D eigenvalue weighted by Gasteiger charge is -2.37. The molecular formula is C26H28F5N7O. The minimum atomic E-state index is -4.71. The Bertz CT molecular complexity index is 1300. The molecule has 2 fully saturated rings. The third kappa shape index (κ3) is 6.25. The molecule has 2 aliphatic rings. The molecule has 0 aliphatic carbocycles. The molecule has 5 rings (SSSR count). The lowest BCUT2D eigenvalue weighted by Crippen LogP contribution is -2.45. The molecule has 0 spiro atoms. The first-order chi connectivity index (χ1) is 18.6. The Hall–Kier alpha value is -3.45. The summed E-state index contributed by atoms with van der Waals surface area (Å²) in [6.45, 7) is 3.39. The first-order valence-corrected chi connectivity index (χ1v) is 12.8. The lowest BCUT2D eigenvalue weighted by molar-refractivity contribution is -0.145. The van der Waals surface area contributed by atoms with Crippen LogP contribution in [0.15, 0.2) is 42.7 Å². The predicted molar refractivity (Wildman–Crippen MR) is 135 cm³/mol. The van der Waals surface area contributed by atoms with Crippen molar-refractivity contribution in [2.75, 3.05) is 50.7 Å². The first-order valence-electron chi connectivity index (χ1n) is 12.8. The van der Waals surface area contributed by atoms with Gasteiger partial charge >= 0.3 is 6.18 Å². The number of hydrogen-bond donors (Lipinski definition) is 2. The quantitative estimate of drug-likeness (QED) is 0.454. The number of rotatable bonds is 6. The summed E-state index contributed by atoms with van der Waals surface area (Å²) >= 11 is 0. The lowest BCUT2D eigenvalue weighted by atomic mass is 10.0. The molecule has 4 heterocycles. The average molecular weight is 550 g/mol. The highest BCUT2D eigenvalue weighted by atomic mass is 19.4. The highest BCUT2D eigenvalue weighted by Crippen LogP contribution is 2.33. The highest BCUT2D eigenvalue weighted by molar-refractivity contribution is 6.06. The number of alkyl halides is 5. The van der Waals surface area contributed by atoms with Crippen LogP contribution in [-0.2, 0) is 6.18 Å². The molecule has 1 atom stereocenters. The fraction of sp³-hybridized carbons (Fsp3) is 0.462. The summed E-state index contributed by atoms with van der Waals surface area (Å²) in [5.41, 5.74) is 1.35. The summed E-state index contributed by atoms with van der Waals surface area (Å²) in [5, 5.41) is 6.79. The zero-order valence-corrected chi connectivity index (χ0v) is 21.0. The van der Waals surface area contributed by atoms with E-state index in [9.17, 15) is 26.7 Å². The molecule has 8 nitrogen and oxygen atoms in total. The zero-order valence-electron chi connectivity index (χ0n) is 21.0. The number of piperidine rings is 1. The second kappa shape index (κ2) is 11.0. The van der Waals surface area contributed by atoms with Crippen LogP contribution in [-0.4, -0.2) is 77.5 Å².